The third kappa shape index (κ3) is 6.00. The lowest BCUT2D eigenvalue weighted by Gasteiger charge is -2.18. The van der Waals surface area contributed by atoms with Crippen molar-refractivity contribution in [2.75, 3.05) is 6.61 Å². The molecule has 0 aromatic heterocycles. The molecule has 0 aliphatic carbocycles. The van der Waals surface area contributed by atoms with Gasteiger partial charge in [0, 0.05) is 6.42 Å². The van der Waals surface area contributed by atoms with E-state index in [0.717, 1.165) is 0 Å². The molecule has 7 nitrogen and oxygen atoms in total. The highest BCUT2D eigenvalue weighted by Gasteiger charge is 2.25. The zero-order chi connectivity index (χ0) is 14.1. The van der Waals surface area contributed by atoms with Crippen LogP contribution in [0.25, 0.3) is 0 Å². The molecule has 0 heterocycles. The molecule has 3 N–H and O–H groups in total. The minimum absolute atomic E-state index is 0.131. The maximum absolute atomic E-state index is 11.4. The van der Waals surface area contributed by atoms with Gasteiger partial charge in [-0.3, -0.25) is 19.7 Å². The van der Waals surface area contributed by atoms with E-state index in [1.54, 1.807) is 6.92 Å². The summed E-state index contributed by atoms with van der Waals surface area (Å²) in [7, 11) is 0. The highest BCUT2D eigenvalue weighted by Crippen LogP contribution is 2.02. The third-order valence-corrected chi connectivity index (χ3v) is 2.10. The van der Waals surface area contributed by atoms with Gasteiger partial charge in [0.15, 0.2) is 0 Å². The van der Waals surface area contributed by atoms with Crippen molar-refractivity contribution >= 4 is 17.9 Å². The quantitative estimate of drug-likeness (QED) is 0.395. The molecule has 0 spiro atoms. The summed E-state index contributed by atoms with van der Waals surface area (Å²) in [5.41, 5.74) is 0. The van der Waals surface area contributed by atoms with Gasteiger partial charge in [0.1, 0.15) is 12.1 Å². The molecule has 2 atom stereocenters. The van der Waals surface area contributed by atoms with Gasteiger partial charge in [-0.1, -0.05) is 6.08 Å². The fourth-order valence-corrected chi connectivity index (χ4v) is 1.23. The zero-order valence-corrected chi connectivity index (χ0v) is 10.1. The number of rotatable bonds is 9. The number of hydrogen-bond donors (Lipinski definition) is 3. The van der Waals surface area contributed by atoms with Crippen molar-refractivity contribution in [2.24, 2.45) is 0 Å². The van der Waals surface area contributed by atoms with Gasteiger partial charge in [-0.05, 0) is 13.3 Å². The molecule has 0 aliphatic heterocycles. The highest BCUT2D eigenvalue weighted by molar-refractivity contribution is 5.80. The number of carbonyl (C=O) groups excluding carboxylic acids is 1. The first kappa shape index (κ1) is 16.1. The lowest BCUT2D eigenvalue weighted by atomic mass is 10.1. The van der Waals surface area contributed by atoms with E-state index in [4.69, 9.17) is 14.9 Å². The summed E-state index contributed by atoms with van der Waals surface area (Å²) in [5, 5.41) is 19.9. The summed E-state index contributed by atoms with van der Waals surface area (Å²) < 4.78 is 4.72. The molecular weight excluding hydrogens is 242 g/mol. The summed E-state index contributed by atoms with van der Waals surface area (Å²) in [4.78, 5) is 32.7. The summed E-state index contributed by atoms with van der Waals surface area (Å²) in [6.45, 7) is 5.19. The smallest absolute Gasteiger partial charge is 0.327 e. The van der Waals surface area contributed by atoms with Gasteiger partial charge >= 0.3 is 17.9 Å². The molecule has 18 heavy (non-hydrogen) atoms. The number of aliphatic carboxylic acids is 2. The van der Waals surface area contributed by atoms with Gasteiger partial charge in [0.25, 0.3) is 0 Å². The number of ether oxygens (including phenoxy) is 1. The van der Waals surface area contributed by atoms with Gasteiger partial charge in [0.2, 0.25) is 0 Å². The average molecular weight is 259 g/mol. The van der Waals surface area contributed by atoms with Crippen molar-refractivity contribution in [3.05, 3.63) is 12.7 Å². The Morgan fingerprint density at radius 3 is 2.39 bits per heavy atom. The van der Waals surface area contributed by atoms with Crippen LogP contribution < -0.4 is 5.32 Å². The number of hydrogen-bond acceptors (Lipinski definition) is 5. The second kappa shape index (κ2) is 8.24. The van der Waals surface area contributed by atoms with Crippen molar-refractivity contribution in [3.63, 3.8) is 0 Å². The molecule has 0 aromatic rings. The van der Waals surface area contributed by atoms with Crippen molar-refractivity contribution in [1.29, 1.82) is 0 Å². The largest absolute Gasteiger partial charge is 0.481 e. The molecule has 0 saturated heterocycles. The maximum Gasteiger partial charge on any atom is 0.327 e. The molecule has 0 aromatic carbocycles. The minimum atomic E-state index is -1.23. The first-order valence-electron chi connectivity index (χ1n) is 5.42. The van der Waals surface area contributed by atoms with Gasteiger partial charge in [-0.25, -0.2) is 0 Å². The van der Waals surface area contributed by atoms with Crippen LogP contribution in [0.5, 0.6) is 0 Å². The lowest BCUT2D eigenvalue weighted by Crippen LogP contribution is -2.47. The number of carbonyl (C=O) groups is 3. The van der Waals surface area contributed by atoms with Crippen molar-refractivity contribution in [2.45, 2.75) is 31.8 Å². The van der Waals surface area contributed by atoms with Crippen molar-refractivity contribution in [3.8, 4) is 0 Å². The topological polar surface area (TPSA) is 113 Å². The highest BCUT2D eigenvalue weighted by atomic mass is 16.5. The number of esters is 1. The van der Waals surface area contributed by atoms with E-state index in [2.05, 4.69) is 11.9 Å². The average Bonchev–Trinajstić information content (AvgIpc) is 2.28. The second-order valence-corrected chi connectivity index (χ2v) is 3.46. The molecular formula is C11H17NO6. The maximum atomic E-state index is 11.4. The predicted molar refractivity (Wildman–Crippen MR) is 62.0 cm³/mol. The molecule has 7 heteroatoms. The van der Waals surface area contributed by atoms with E-state index in [1.165, 1.54) is 6.08 Å². The number of carboxylic acid groups (broad SMARTS) is 2. The molecule has 0 bridgehead atoms. The lowest BCUT2D eigenvalue weighted by molar-refractivity contribution is -0.145. The summed E-state index contributed by atoms with van der Waals surface area (Å²) >= 11 is 0. The molecule has 0 rings (SSSR count). The van der Waals surface area contributed by atoms with Crippen LogP contribution in [-0.2, 0) is 19.1 Å². The Kier molecular flexibility index (Phi) is 7.37. The van der Waals surface area contributed by atoms with Crippen LogP contribution in [0, 0.1) is 0 Å². The summed E-state index contributed by atoms with van der Waals surface area (Å²) in [6, 6.07) is -2.12. The summed E-state index contributed by atoms with van der Waals surface area (Å²) in [5.74, 6) is -2.98. The molecule has 0 amide bonds. The Balaban J connectivity index is 4.53. The van der Waals surface area contributed by atoms with E-state index in [0.29, 0.717) is 0 Å². The van der Waals surface area contributed by atoms with Gasteiger partial charge in [-0.15, -0.1) is 6.58 Å². The Morgan fingerprint density at radius 1 is 1.39 bits per heavy atom. The third-order valence-electron chi connectivity index (χ3n) is 2.10. The molecule has 0 fully saturated rings. The van der Waals surface area contributed by atoms with Crippen LogP contribution in [-0.4, -0.2) is 46.8 Å². The van der Waals surface area contributed by atoms with E-state index in [1.807, 2.05) is 0 Å². The van der Waals surface area contributed by atoms with E-state index in [9.17, 15) is 14.4 Å². The van der Waals surface area contributed by atoms with Crippen LogP contribution >= 0.6 is 0 Å². The normalized spacial score (nSPS) is 13.4. The zero-order valence-electron chi connectivity index (χ0n) is 10.1. The molecule has 0 saturated carbocycles. The monoisotopic (exact) mass is 259 g/mol. The van der Waals surface area contributed by atoms with Crippen LogP contribution in [0.1, 0.15) is 19.8 Å². The first-order valence-corrected chi connectivity index (χ1v) is 5.42. The molecule has 102 valence electrons. The fraction of sp³-hybridized carbons (Fsp3) is 0.545. The Hall–Kier alpha value is -1.89. The Bertz CT molecular complexity index is 327. The summed E-state index contributed by atoms with van der Waals surface area (Å²) in [6.07, 6.45) is 0.778. The number of carboxylic acids is 2. The van der Waals surface area contributed by atoms with E-state index < -0.39 is 30.0 Å². The van der Waals surface area contributed by atoms with Crippen molar-refractivity contribution in [1.82, 2.24) is 5.32 Å². The Morgan fingerprint density at radius 2 is 2.00 bits per heavy atom. The van der Waals surface area contributed by atoms with Crippen LogP contribution in [0.4, 0.5) is 0 Å². The van der Waals surface area contributed by atoms with Gasteiger partial charge in [0.05, 0.1) is 6.61 Å². The second-order valence-electron chi connectivity index (χ2n) is 3.46. The van der Waals surface area contributed by atoms with Crippen LogP contribution in [0.15, 0.2) is 12.7 Å². The SMILES string of the molecule is C=CC(N[C@@H](CCC(=O)O)C(=O)O)C(=O)OCC. The fourth-order valence-electron chi connectivity index (χ4n) is 1.23. The van der Waals surface area contributed by atoms with E-state index in [-0.39, 0.29) is 19.4 Å². The number of nitrogens with one attached hydrogen (secondary N) is 1. The first-order chi connectivity index (χ1) is 8.42. The Labute approximate surface area is 104 Å². The van der Waals surface area contributed by atoms with E-state index >= 15 is 0 Å². The standard InChI is InChI=1S/C11H17NO6/c1-3-7(11(17)18-4-2)12-8(10(15)16)5-6-9(13)14/h3,7-8,12H,1,4-6H2,2H3,(H,13,14)(H,15,16)/t7?,8-/m0/s1. The predicted octanol–water partition coefficient (Wildman–Crippen LogP) is 0.0117. The molecule has 0 radical (unpaired) electrons. The van der Waals surface area contributed by atoms with Crippen LogP contribution in [0.2, 0.25) is 0 Å². The molecule has 1 unspecified atom stereocenters. The van der Waals surface area contributed by atoms with Gasteiger partial charge < -0.3 is 14.9 Å². The van der Waals surface area contributed by atoms with Crippen LogP contribution in [0.3, 0.4) is 0 Å². The minimum Gasteiger partial charge on any atom is -0.481 e. The van der Waals surface area contributed by atoms with Gasteiger partial charge in [-0.2, -0.15) is 0 Å². The molecule has 0 aliphatic rings. The van der Waals surface area contributed by atoms with Crippen molar-refractivity contribution < 1.29 is 29.3 Å².